The Labute approximate surface area is 124 Å². The number of halogens is 1. The van der Waals surface area contributed by atoms with Crippen LogP contribution in [-0.4, -0.2) is 31.3 Å². The molecule has 0 aromatic heterocycles. The fourth-order valence-corrected chi connectivity index (χ4v) is 3.16. The summed E-state index contributed by atoms with van der Waals surface area (Å²) in [4.78, 5) is 2.40. The Kier molecular flexibility index (Phi) is 5.25. The summed E-state index contributed by atoms with van der Waals surface area (Å²) in [7, 11) is 0. The molecule has 2 N–H and O–H groups in total. The van der Waals surface area contributed by atoms with Crippen LogP contribution in [0.15, 0.2) is 22.7 Å². The van der Waals surface area contributed by atoms with Gasteiger partial charge in [0.1, 0.15) is 0 Å². The zero-order chi connectivity index (χ0) is 13.8. The third kappa shape index (κ3) is 3.50. The maximum atomic E-state index is 9.29. The van der Waals surface area contributed by atoms with Gasteiger partial charge in [0.15, 0.2) is 0 Å². The van der Waals surface area contributed by atoms with Crippen molar-refractivity contribution in [3.8, 4) is 0 Å². The summed E-state index contributed by atoms with van der Waals surface area (Å²) in [5, 5.41) is 12.8. The second-order valence-corrected chi connectivity index (χ2v) is 6.18. The minimum Gasteiger partial charge on any atom is -0.396 e. The number of nitrogens with one attached hydrogen (secondary N) is 1. The largest absolute Gasteiger partial charge is 0.396 e. The van der Waals surface area contributed by atoms with E-state index in [1.807, 2.05) is 0 Å². The molecule has 0 amide bonds. The third-order valence-electron chi connectivity index (χ3n) is 3.85. The number of benzene rings is 1. The van der Waals surface area contributed by atoms with E-state index in [9.17, 15) is 5.11 Å². The Morgan fingerprint density at radius 1 is 1.53 bits per heavy atom. The molecule has 1 saturated heterocycles. The molecule has 1 aliphatic rings. The van der Waals surface area contributed by atoms with Crippen LogP contribution in [0.1, 0.15) is 31.9 Å². The molecule has 1 aliphatic heterocycles. The second kappa shape index (κ2) is 6.73. The summed E-state index contributed by atoms with van der Waals surface area (Å²) >= 11 is 3.56. The first-order valence-corrected chi connectivity index (χ1v) is 7.83. The van der Waals surface area contributed by atoms with Gasteiger partial charge in [0.25, 0.3) is 0 Å². The summed E-state index contributed by atoms with van der Waals surface area (Å²) in [6, 6.07) is 6.83. The van der Waals surface area contributed by atoms with Gasteiger partial charge in [-0.1, -0.05) is 22.9 Å². The highest BCUT2D eigenvalue weighted by Gasteiger charge is 2.24. The molecule has 1 aromatic carbocycles. The van der Waals surface area contributed by atoms with Crippen molar-refractivity contribution in [3.63, 3.8) is 0 Å². The molecule has 4 heteroatoms. The smallest absolute Gasteiger partial charge is 0.0476 e. The maximum Gasteiger partial charge on any atom is 0.0476 e. The zero-order valence-electron chi connectivity index (χ0n) is 11.7. The van der Waals surface area contributed by atoms with Crippen molar-refractivity contribution in [2.75, 3.05) is 31.1 Å². The van der Waals surface area contributed by atoms with Crippen LogP contribution < -0.4 is 10.2 Å². The van der Waals surface area contributed by atoms with Gasteiger partial charge in [-0.25, -0.2) is 0 Å². The van der Waals surface area contributed by atoms with E-state index in [4.69, 9.17) is 0 Å². The molecule has 3 nitrogen and oxygen atoms in total. The molecule has 0 radical (unpaired) electrons. The fraction of sp³-hybridized carbons (Fsp3) is 0.600. The summed E-state index contributed by atoms with van der Waals surface area (Å²) < 4.78 is 1.12. The minimum absolute atomic E-state index is 0.297. The molecule has 19 heavy (non-hydrogen) atoms. The van der Waals surface area contributed by atoms with Gasteiger partial charge in [-0.3, -0.25) is 0 Å². The molecule has 0 spiro atoms. The Bertz CT molecular complexity index is 425. The highest BCUT2D eigenvalue weighted by molar-refractivity contribution is 9.10. The number of hydrogen-bond donors (Lipinski definition) is 2. The summed E-state index contributed by atoms with van der Waals surface area (Å²) in [5.74, 6) is 0.422. The monoisotopic (exact) mass is 326 g/mol. The first kappa shape index (κ1) is 14.8. The van der Waals surface area contributed by atoms with E-state index in [0.717, 1.165) is 30.5 Å². The van der Waals surface area contributed by atoms with Crippen molar-refractivity contribution in [3.05, 3.63) is 28.2 Å². The van der Waals surface area contributed by atoms with Gasteiger partial charge in [0.2, 0.25) is 0 Å². The van der Waals surface area contributed by atoms with Crippen LogP contribution >= 0.6 is 15.9 Å². The Morgan fingerprint density at radius 2 is 2.32 bits per heavy atom. The highest BCUT2D eigenvalue weighted by atomic mass is 79.9. The summed E-state index contributed by atoms with van der Waals surface area (Å²) in [6.45, 7) is 7.60. The van der Waals surface area contributed by atoms with E-state index in [1.54, 1.807) is 0 Å². The van der Waals surface area contributed by atoms with E-state index >= 15 is 0 Å². The average Bonchev–Trinajstić information content (AvgIpc) is 2.87. The molecular weight excluding hydrogens is 304 g/mol. The summed E-state index contributed by atoms with van der Waals surface area (Å²) in [6.07, 6.45) is 1.08. The molecule has 0 saturated carbocycles. The van der Waals surface area contributed by atoms with Crippen LogP contribution in [0.2, 0.25) is 0 Å². The van der Waals surface area contributed by atoms with Crippen molar-refractivity contribution in [2.24, 2.45) is 5.92 Å². The predicted octanol–water partition coefficient (Wildman–Crippen LogP) is 2.94. The Hall–Kier alpha value is -0.580. The molecular formula is C15H23BrN2O. The van der Waals surface area contributed by atoms with Crippen LogP contribution in [0, 0.1) is 5.92 Å². The lowest BCUT2D eigenvalue weighted by Gasteiger charge is -2.25. The molecule has 0 aliphatic carbocycles. The highest BCUT2D eigenvalue weighted by Crippen LogP contribution is 2.32. The fourth-order valence-electron chi connectivity index (χ4n) is 2.78. The Balaban J connectivity index is 2.24. The first-order chi connectivity index (χ1) is 9.15. The number of aliphatic hydroxyl groups excluding tert-OH is 1. The Morgan fingerprint density at radius 3 is 2.95 bits per heavy atom. The number of hydrogen-bond acceptors (Lipinski definition) is 3. The van der Waals surface area contributed by atoms with Gasteiger partial charge in [0.05, 0.1) is 0 Å². The van der Waals surface area contributed by atoms with E-state index < -0.39 is 0 Å². The van der Waals surface area contributed by atoms with Crippen molar-refractivity contribution in [2.45, 2.75) is 26.3 Å². The minimum atomic E-state index is 0.297. The molecule has 1 aromatic rings. The normalized spacial score (nSPS) is 20.8. The van der Waals surface area contributed by atoms with Gasteiger partial charge >= 0.3 is 0 Å². The van der Waals surface area contributed by atoms with Crippen LogP contribution in [0.4, 0.5) is 5.69 Å². The molecule has 2 unspecified atom stereocenters. The molecule has 1 fully saturated rings. The summed E-state index contributed by atoms with van der Waals surface area (Å²) in [5.41, 5.74) is 2.63. The molecule has 1 heterocycles. The van der Waals surface area contributed by atoms with Crippen molar-refractivity contribution < 1.29 is 5.11 Å². The van der Waals surface area contributed by atoms with Gasteiger partial charge < -0.3 is 15.3 Å². The third-order valence-corrected chi connectivity index (χ3v) is 4.34. The molecule has 0 bridgehead atoms. The van der Waals surface area contributed by atoms with E-state index in [-0.39, 0.29) is 0 Å². The molecule has 2 atom stereocenters. The quantitative estimate of drug-likeness (QED) is 0.873. The lowest BCUT2D eigenvalue weighted by atomic mass is 10.1. The van der Waals surface area contributed by atoms with Gasteiger partial charge in [0, 0.05) is 41.8 Å². The predicted molar refractivity (Wildman–Crippen MR) is 83.6 cm³/mol. The van der Waals surface area contributed by atoms with Crippen molar-refractivity contribution in [1.82, 2.24) is 5.32 Å². The number of aliphatic hydroxyl groups is 1. The van der Waals surface area contributed by atoms with Crippen LogP contribution in [0.5, 0.6) is 0 Å². The lowest BCUT2D eigenvalue weighted by Crippen LogP contribution is -2.25. The molecule has 106 valence electrons. The van der Waals surface area contributed by atoms with Crippen molar-refractivity contribution >= 4 is 21.6 Å². The lowest BCUT2D eigenvalue weighted by molar-refractivity contribution is 0.238. The van der Waals surface area contributed by atoms with E-state index in [1.165, 1.54) is 11.3 Å². The maximum absolute atomic E-state index is 9.29. The molecule has 2 rings (SSSR count). The zero-order valence-corrected chi connectivity index (χ0v) is 13.3. The second-order valence-electron chi connectivity index (χ2n) is 5.27. The SMILES string of the molecule is CCNC(C)c1cc(Br)ccc1N1CCC(CO)C1. The van der Waals surface area contributed by atoms with Gasteiger partial charge in [-0.05, 0) is 43.7 Å². The number of nitrogens with zero attached hydrogens (tertiary/aromatic N) is 1. The van der Waals surface area contributed by atoms with Gasteiger partial charge in [-0.2, -0.15) is 0 Å². The first-order valence-electron chi connectivity index (χ1n) is 7.04. The number of anilines is 1. The average molecular weight is 327 g/mol. The standard InChI is InChI=1S/C15H23BrN2O/c1-3-17-11(2)14-8-13(16)4-5-15(14)18-7-6-12(9-18)10-19/h4-5,8,11-12,17,19H,3,6-7,9-10H2,1-2H3. The topological polar surface area (TPSA) is 35.5 Å². The number of rotatable bonds is 5. The van der Waals surface area contributed by atoms with E-state index in [0.29, 0.717) is 18.6 Å². The van der Waals surface area contributed by atoms with E-state index in [2.05, 4.69) is 58.2 Å². The van der Waals surface area contributed by atoms with Crippen LogP contribution in [-0.2, 0) is 0 Å². The van der Waals surface area contributed by atoms with Crippen LogP contribution in [0.25, 0.3) is 0 Å². The van der Waals surface area contributed by atoms with Gasteiger partial charge in [-0.15, -0.1) is 0 Å². The van der Waals surface area contributed by atoms with Crippen molar-refractivity contribution in [1.29, 1.82) is 0 Å². The van der Waals surface area contributed by atoms with Crippen LogP contribution in [0.3, 0.4) is 0 Å².